The minimum absolute atomic E-state index is 0.160. The Morgan fingerprint density at radius 2 is 1.81 bits per heavy atom. The lowest BCUT2D eigenvalue weighted by molar-refractivity contribution is -0.117. The standard InChI is InChI=1S/C26H34N4O/c1-19-23-17-24(31)30(16-14-20-9-4-2-5-10-20)26(23)28-25(27-19)21-11-8-15-29(18-21)22-12-6-3-7-13-22/h2,4-5,9-10,21-22H,3,6-8,11-18H2,1H3/t21-/m1/s1. The molecule has 0 spiro atoms. The zero-order valence-corrected chi connectivity index (χ0v) is 18.7. The van der Waals surface area contributed by atoms with E-state index in [4.69, 9.17) is 9.97 Å². The molecule has 3 heterocycles. The molecule has 1 amide bonds. The molecular formula is C26H34N4O. The summed E-state index contributed by atoms with van der Waals surface area (Å²) in [5.74, 6) is 2.37. The fraction of sp³-hybridized carbons (Fsp3) is 0.577. The van der Waals surface area contributed by atoms with E-state index in [9.17, 15) is 4.79 Å². The molecule has 0 unspecified atom stereocenters. The molecule has 0 N–H and O–H groups in total. The second kappa shape index (κ2) is 9.07. The summed E-state index contributed by atoms with van der Waals surface area (Å²) in [6.45, 7) is 5.03. The van der Waals surface area contributed by atoms with E-state index in [1.807, 2.05) is 11.0 Å². The largest absolute Gasteiger partial charge is 0.300 e. The summed E-state index contributed by atoms with van der Waals surface area (Å²) < 4.78 is 0. The van der Waals surface area contributed by atoms with Gasteiger partial charge in [0, 0.05) is 36.3 Å². The number of rotatable bonds is 5. The molecule has 5 heteroatoms. The van der Waals surface area contributed by atoms with Gasteiger partial charge >= 0.3 is 0 Å². The van der Waals surface area contributed by atoms with Gasteiger partial charge in [-0.2, -0.15) is 0 Å². The molecule has 5 rings (SSSR count). The van der Waals surface area contributed by atoms with Crippen LogP contribution in [0.15, 0.2) is 30.3 Å². The third kappa shape index (κ3) is 4.38. The van der Waals surface area contributed by atoms with Crippen molar-refractivity contribution in [1.29, 1.82) is 0 Å². The number of fused-ring (bicyclic) bond motifs is 1. The number of amides is 1. The first-order valence-electron chi connectivity index (χ1n) is 12.1. The Morgan fingerprint density at radius 3 is 2.61 bits per heavy atom. The molecule has 164 valence electrons. The Morgan fingerprint density at radius 1 is 1.00 bits per heavy atom. The van der Waals surface area contributed by atoms with E-state index in [2.05, 4.69) is 36.1 Å². The second-order valence-corrected chi connectivity index (χ2v) is 9.55. The average molecular weight is 419 g/mol. The molecule has 2 aliphatic heterocycles. The van der Waals surface area contributed by atoms with Crippen LogP contribution >= 0.6 is 0 Å². The topological polar surface area (TPSA) is 49.3 Å². The van der Waals surface area contributed by atoms with E-state index in [1.165, 1.54) is 50.6 Å². The lowest BCUT2D eigenvalue weighted by Crippen LogP contribution is -2.43. The van der Waals surface area contributed by atoms with E-state index >= 15 is 0 Å². The summed E-state index contributed by atoms with van der Waals surface area (Å²) >= 11 is 0. The van der Waals surface area contributed by atoms with E-state index in [0.29, 0.717) is 18.9 Å². The number of aromatic nitrogens is 2. The minimum Gasteiger partial charge on any atom is -0.300 e. The zero-order chi connectivity index (χ0) is 21.2. The Balaban J connectivity index is 1.34. The maximum absolute atomic E-state index is 12.8. The SMILES string of the molecule is Cc1nc([C@@H]2CCCN(C3CCCCC3)C2)nc2c1CC(=O)N2CCc1ccccc1. The monoisotopic (exact) mass is 418 g/mol. The Bertz CT molecular complexity index is 923. The molecule has 0 bridgehead atoms. The lowest BCUT2D eigenvalue weighted by atomic mass is 9.90. The van der Waals surface area contributed by atoms with Crippen molar-refractivity contribution in [3.05, 3.63) is 53.0 Å². The van der Waals surface area contributed by atoms with Gasteiger partial charge in [-0.05, 0) is 51.1 Å². The molecule has 1 atom stereocenters. The molecule has 1 aromatic carbocycles. The minimum atomic E-state index is 0.160. The van der Waals surface area contributed by atoms with Gasteiger partial charge in [0.2, 0.25) is 5.91 Å². The first-order chi connectivity index (χ1) is 15.2. The summed E-state index contributed by atoms with van der Waals surface area (Å²) in [4.78, 5) is 27.4. The number of nitrogens with zero attached hydrogens (tertiary/aromatic N) is 4. The van der Waals surface area contributed by atoms with E-state index in [0.717, 1.165) is 48.3 Å². The number of aryl methyl sites for hydroxylation is 1. The molecule has 2 aromatic rings. The van der Waals surface area contributed by atoms with Gasteiger partial charge in [-0.25, -0.2) is 9.97 Å². The number of anilines is 1. The maximum atomic E-state index is 12.8. The van der Waals surface area contributed by atoms with E-state index in [-0.39, 0.29) is 5.91 Å². The van der Waals surface area contributed by atoms with Gasteiger partial charge in [0.05, 0.1) is 6.42 Å². The van der Waals surface area contributed by atoms with Crippen LogP contribution in [0.3, 0.4) is 0 Å². The predicted molar refractivity (Wildman–Crippen MR) is 123 cm³/mol. The van der Waals surface area contributed by atoms with Crippen LogP contribution in [0.25, 0.3) is 0 Å². The quantitative estimate of drug-likeness (QED) is 0.721. The molecule has 1 saturated carbocycles. The van der Waals surface area contributed by atoms with Crippen LogP contribution in [0.2, 0.25) is 0 Å². The smallest absolute Gasteiger partial charge is 0.232 e. The fourth-order valence-electron chi connectivity index (χ4n) is 5.69. The second-order valence-electron chi connectivity index (χ2n) is 9.55. The highest BCUT2D eigenvalue weighted by molar-refractivity contribution is 6.00. The van der Waals surface area contributed by atoms with Gasteiger partial charge in [0.15, 0.2) is 0 Å². The van der Waals surface area contributed by atoms with Gasteiger partial charge in [0.1, 0.15) is 11.6 Å². The highest BCUT2D eigenvalue weighted by Gasteiger charge is 2.34. The molecule has 2 fully saturated rings. The number of benzene rings is 1. The summed E-state index contributed by atoms with van der Waals surface area (Å²) in [6.07, 6.45) is 10.5. The van der Waals surface area contributed by atoms with Gasteiger partial charge in [-0.15, -0.1) is 0 Å². The van der Waals surface area contributed by atoms with Gasteiger partial charge in [-0.3, -0.25) is 14.6 Å². The Kier molecular flexibility index (Phi) is 6.04. The molecule has 0 radical (unpaired) electrons. The molecule has 1 aliphatic carbocycles. The fourth-order valence-corrected chi connectivity index (χ4v) is 5.69. The number of hydrogen-bond donors (Lipinski definition) is 0. The van der Waals surface area contributed by atoms with Gasteiger partial charge in [0.25, 0.3) is 0 Å². The highest BCUT2D eigenvalue weighted by atomic mass is 16.2. The van der Waals surface area contributed by atoms with Crippen LogP contribution in [0.1, 0.15) is 73.5 Å². The maximum Gasteiger partial charge on any atom is 0.232 e. The summed E-state index contributed by atoms with van der Waals surface area (Å²) in [7, 11) is 0. The number of carbonyl (C=O) groups excluding carboxylic acids is 1. The van der Waals surface area contributed by atoms with Crippen molar-refractivity contribution in [1.82, 2.24) is 14.9 Å². The van der Waals surface area contributed by atoms with Crippen molar-refractivity contribution < 1.29 is 4.79 Å². The highest BCUT2D eigenvalue weighted by Crippen LogP contribution is 2.34. The van der Waals surface area contributed by atoms with Crippen molar-refractivity contribution in [3.63, 3.8) is 0 Å². The predicted octanol–water partition coefficient (Wildman–Crippen LogP) is 4.43. The van der Waals surface area contributed by atoms with Crippen LogP contribution in [-0.2, 0) is 17.6 Å². The van der Waals surface area contributed by atoms with Crippen LogP contribution in [0, 0.1) is 6.92 Å². The summed E-state index contributed by atoms with van der Waals surface area (Å²) in [5.41, 5.74) is 3.28. The van der Waals surface area contributed by atoms with Crippen molar-refractivity contribution in [3.8, 4) is 0 Å². The number of hydrogen-bond acceptors (Lipinski definition) is 4. The van der Waals surface area contributed by atoms with Gasteiger partial charge < -0.3 is 0 Å². The molecule has 1 saturated heterocycles. The zero-order valence-electron chi connectivity index (χ0n) is 18.7. The van der Waals surface area contributed by atoms with Crippen LogP contribution in [-0.4, -0.2) is 46.5 Å². The van der Waals surface area contributed by atoms with Crippen molar-refractivity contribution >= 4 is 11.7 Å². The third-order valence-corrected chi connectivity index (χ3v) is 7.47. The average Bonchev–Trinajstić information content (AvgIpc) is 3.14. The van der Waals surface area contributed by atoms with Crippen molar-refractivity contribution in [2.75, 3.05) is 24.5 Å². The first-order valence-corrected chi connectivity index (χ1v) is 12.1. The Hall–Kier alpha value is -2.27. The molecular weight excluding hydrogens is 384 g/mol. The first kappa shape index (κ1) is 20.6. The van der Waals surface area contributed by atoms with Gasteiger partial charge in [-0.1, -0.05) is 49.6 Å². The molecule has 5 nitrogen and oxygen atoms in total. The molecule has 31 heavy (non-hydrogen) atoms. The van der Waals surface area contributed by atoms with Crippen molar-refractivity contribution in [2.24, 2.45) is 0 Å². The number of piperidine rings is 1. The van der Waals surface area contributed by atoms with E-state index < -0.39 is 0 Å². The van der Waals surface area contributed by atoms with Crippen LogP contribution < -0.4 is 4.90 Å². The van der Waals surface area contributed by atoms with Crippen LogP contribution in [0.4, 0.5) is 5.82 Å². The third-order valence-electron chi connectivity index (χ3n) is 7.47. The molecule has 1 aromatic heterocycles. The Labute approximate surface area is 185 Å². The van der Waals surface area contributed by atoms with Crippen LogP contribution in [0.5, 0.6) is 0 Å². The van der Waals surface area contributed by atoms with E-state index in [1.54, 1.807) is 0 Å². The normalized spacial score (nSPS) is 22.7. The lowest BCUT2D eigenvalue weighted by Gasteiger charge is -2.39. The number of carbonyl (C=O) groups is 1. The number of likely N-dealkylation sites (tertiary alicyclic amines) is 1. The molecule has 3 aliphatic rings. The summed E-state index contributed by atoms with van der Waals surface area (Å²) in [6, 6.07) is 11.1. The summed E-state index contributed by atoms with van der Waals surface area (Å²) in [5, 5.41) is 0. The van der Waals surface area contributed by atoms with Crippen molar-refractivity contribution in [2.45, 2.75) is 76.7 Å².